The first kappa shape index (κ1) is 11.7. The summed E-state index contributed by atoms with van der Waals surface area (Å²) < 4.78 is 1.25. The van der Waals surface area contributed by atoms with Crippen LogP contribution >= 0.6 is 22.6 Å². The Kier molecular flexibility index (Phi) is 4.58. The van der Waals surface area contributed by atoms with Gasteiger partial charge in [-0.05, 0) is 40.6 Å². The molecule has 0 amide bonds. The summed E-state index contributed by atoms with van der Waals surface area (Å²) in [7, 11) is 0. The number of Topliss-reactive ketones (excluding diaryl/α,β-unsaturated/α-hetero) is 1. The Hall–Kier alpha value is -0.380. The van der Waals surface area contributed by atoms with E-state index in [0.29, 0.717) is 12.2 Å². The fourth-order valence-corrected chi connectivity index (χ4v) is 2.06. The van der Waals surface area contributed by atoms with Gasteiger partial charge in [-0.2, -0.15) is 0 Å². The highest BCUT2D eigenvalue weighted by atomic mass is 127. The molecule has 0 spiro atoms. The van der Waals surface area contributed by atoms with Crippen LogP contribution in [0.2, 0.25) is 0 Å². The van der Waals surface area contributed by atoms with E-state index >= 15 is 0 Å². The summed E-state index contributed by atoms with van der Waals surface area (Å²) in [4.78, 5) is 11.4. The summed E-state index contributed by atoms with van der Waals surface area (Å²) in [5.74, 6) is 0.501. The Bertz CT molecular complexity index is 320. The molecule has 1 atom stereocenters. The average molecular weight is 302 g/mol. The first-order chi connectivity index (χ1) is 6.65. The Morgan fingerprint density at radius 2 is 2.07 bits per heavy atom. The molecule has 1 nitrogen and oxygen atoms in total. The van der Waals surface area contributed by atoms with E-state index in [9.17, 15) is 4.79 Å². The molecule has 0 fully saturated rings. The summed E-state index contributed by atoms with van der Waals surface area (Å²) in [6, 6.07) is 8.23. The van der Waals surface area contributed by atoms with Gasteiger partial charge in [0.15, 0.2) is 0 Å². The molecule has 0 saturated carbocycles. The van der Waals surface area contributed by atoms with Gasteiger partial charge in [-0.1, -0.05) is 32.0 Å². The van der Waals surface area contributed by atoms with Gasteiger partial charge >= 0.3 is 0 Å². The Balaban J connectivity index is 2.69. The highest BCUT2D eigenvalue weighted by molar-refractivity contribution is 14.1. The van der Waals surface area contributed by atoms with Crippen LogP contribution in [0.15, 0.2) is 24.3 Å². The molecule has 0 bridgehead atoms. The van der Waals surface area contributed by atoms with Crippen molar-refractivity contribution in [1.82, 2.24) is 0 Å². The lowest BCUT2D eigenvalue weighted by Gasteiger charge is -2.10. The van der Waals surface area contributed by atoms with Crippen molar-refractivity contribution in [3.8, 4) is 0 Å². The number of hydrogen-bond donors (Lipinski definition) is 0. The molecular formula is C12H15IO. The molecule has 14 heavy (non-hydrogen) atoms. The van der Waals surface area contributed by atoms with Crippen molar-refractivity contribution in [3.05, 3.63) is 33.4 Å². The Morgan fingerprint density at radius 1 is 1.43 bits per heavy atom. The second-order valence-electron chi connectivity index (χ2n) is 3.52. The van der Waals surface area contributed by atoms with Crippen LogP contribution in [0.25, 0.3) is 0 Å². The van der Waals surface area contributed by atoms with Crippen molar-refractivity contribution >= 4 is 28.4 Å². The van der Waals surface area contributed by atoms with Gasteiger partial charge in [-0.25, -0.2) is 0 Å². The molecule has 0 aliphatic carbocycles. The zero-order valence-electron chi connectivity index (χ0n) is 8.59. The highest BCUT2D eigenvalue weighted by Crippen LogP contribution is 2.16. The summed E-state index contributed by atoms with van der Waals surface area (Å²) in [6.07, 6.45) is 1.51. The lowest BCUT2D eigenvalue weighted by atomic mass is 9.96. The maximum atomic E-state index is 11.4. The van der Waals surface area contributed by atoms with Crippen LogP contribution in [0, 0.1) is 9.49 Å². The standard InChI is InChI=1S/C12H15IO/c1-3-12(14)9(2)8-10-6-4-5-7-11(10)13/h4-7,9H,3,8H2,1-2H3. The van der Waals surface area contributed by atoms with Gasteiger partial charge in [-0.15, -0.1) is 0 Å². The maximum absolute atomic E-state index is 11.4. The van der Waals surface area contributed by atoms with E-state index in [4.69, 9.17) is 0 Å². The first-order valence-electron chi connectivity index (χ1n) is 4.91. The Labute approximate surface area is 99.0 Å². The number of hydrogen-bond acceptors (Lipinski definition) is 1. The van der Waals surface area contributed by atoms with Crippen molar-refractivity contribution < 1.29 is 4.79 Å². The monoisotopic (exact) mass is 302 g/mol. The second kappa shape index (κ2) is 5.49. The van der Waals surface area contributed by atoms with Crippen LogP contribution in [0.5, 0.6) is 0 Å². The lowest BCUT2D eigenvalue weighted by molar-refractivity contribution is -0.122. The molecule has 0 heterocycles. The van der Waals surface area contributed by atoms with Crippen LogP contribution in [-0.2, 0) is 11.2 Å². The van der Waals surface area contributed by atoms with Crippen molar-refractivity contribution in [1.29, 1.82) is 0 Å². The van der Waals surface area contributed by atoms with Crippen molar-refractivity contribution in [2.75, 3.05) is 0 Å². The third-order valence-corrected chi connectivity index (χ3v) is 3.43. The smallest absolute Gasteiger partial charge is 0.135 e. The van der Waals surface area contributed by atoms with Gasteiger partial charge in [0.2, 0.25) is 0 Å². The van der Waals surface area contributed by atoms with E-state index in [1.807, 2.05) is 26.0 Å². The average Bonchev–Trinajstić information content (AvgIpc) is 2.20. The molecular weight excluding hydrogens is 287 g/mol. The lowest BCUT2D eigenvalue weighted by Crippen LogP contribution is -2.12. The maximum Gasteiger partial charge on any atom is 0.135 e. The van der Waals surface area contributed by atoms with Gasteiger partial charge in [0.25, 0.3) is 0 Å². The molecule has 1 unspecified atom stereocenters. The summed E-state index contributed by atoms with van der Waals surface area (Å²) in [5.41, 5.74) is 1.28. The van der Waals surface area contributed by atoms with Crippen molar-refractivity contribution in [2.24, 2.45) is 5.92 Å². The molecule has 0 aliphatic heterocycles. The van der Waals surface area contributed by atoms with E-state index in [2.05, 4.69) is 34.7 Å². The minimum atomic E-state index is 0.149. The van der Waals surface area contributed by atoms with Gasteiger partial charge in [0.05, 0.1) is 0 Å². The summed E-state index contributed by atoms with van der Waals surface area (Å²) in [5, 5.41) is 0. The third kappa shape index (κ3) is 3.08. The predicted octanol–water partition coefficient (Wildman–Crippen LogP) is 3.45. The number of rotatable bonds is 4. The molecule has 1 aromatic carbocycles. The highest BCUT2D eigenvalue weighted by Gasteiger charge is 2.12. The van der Waals surface area contributed by atoms with E-state index < -0.39 is 0 Å². The van der Waals surface area contributed by atoms with E-state index in [1.54, 1.807) is 0 Å². The van der Waals surface area contributed by atoms with Crippen molar-refractivity contribution in [2.45, 2.75) is 26.7 Å². The molecule has 2 heteroatoms. The van der Waals surface area contributed by atoms with Crippen LogP contribution in [0.1, 0.15) is 25.8 Å². The van der Waals surface area contributed by atoms with E-state index in [0.717, 1.165) is 6.42 Å². The van der Waals surface area contributed by atoms with Gasteiger partial charge < -0.3 is 0 Å². The van der Waals surface area contributed by atoms with Crippen LogP contribution in [0.3, 0.4) is 0 Å². The fraction of sp³-hybridized carbons (Fsp3) is 0.417. The molecule has 1 aromatic rings. The zero-order valence-corrected chi connectivity index (χ0v) is 10.7. The molecule has 0 radical (unpaired) electrons. The third-order valence-electron chi connectivity index (χ3n) is 2.38. The SMILES string of the molecule is CCC(=O)C(C)Cc1ccccc1I. The molecule has 0 N–H and O–H groups in total. The van der Waals surface area contributed by atoms with Crippen LogP contribution < -0.4 is 0 Å². The minimum absolute atomic E-state index is 0.149. The molecule has 1 rings (SSSR count). The van der Waals surface area contributed by atoms with Crippen molar-refractivity contribution in [3.63, 3.8) is 0 Å². The molecule has 0 aromatic heterocycles. The number of benzene rings is 1. The minimum Gasteiger partial charge on any atom is -0.299 e. The summed E-state index contributed by atoms with van der Waals surface area (Å²) in [6.45, 7) is 3.93. The van der Waals surface area contributed by atoms with E-state index in [-0.39, 0.29) is 5.92 Å². The largest absolute Gasteiger partial charge is 0.299 e. The van der Waals surface area contributed by atoms with Crippen LogP contribution in [0.4, 0.5) is 0 Å². The molecule has 0 saturated heterocycles. The normalized spacial score (nSPS) is 12.5. The predicted molar refractivity (Wildman–Crippen MR) is 67.3 cm³/mol. The first-order valence-corrected chi connectivity index (χ1v) is 5.99. The second-order valence-corrected chi connectivity index (χ2v) is 4.68. The van der Waals surface area contributed by atoms with E-state index in [1.165, 1.54) is 9.13 Å². The molecule has 76 valence electrons. The number of carbonyl (C=O) groups is 1. The molecule has 0 aliphatic rings. The Morgan fingerprint density at radius 3 is 2.64 bits per heavy atom. The fourth-order valence-electron chi connectivity index (χ4n) is 1.46. The quantitative estimate of drug-likeness (QED) is 0.779. The van der Waals surface area contributed by atoms with Gasteiger partial charge in [-0.3, -0.25) is 4.79 Å². The van der Waals surface area contributed by atoms with Gasteiger partial charge in [0.1, 0.15) is 5.78 Å². The number of ketones is 1. The van der Waals surface area contributed by atoms with Gasteiger partial charge in [0, 0.05) is 15.9 Å². The summed E-state index contributed by atoms with van der Waals surface area (Å²) >= 11 is 2.32. The number of halogens is 1. The number of carbonyl (C=O) groups excluding carboxylic acids is 1. The van der Waals surface area contributed by atoms with Crippen LogP contribution in [-0.4, -0.2) is 5.78 Å². The topological polar surface area (TPSA) is 17.1 Å². The zero-order chi connectivity index (χ0) is 10.6.